The number of benzene rings is 2. The van der Waals surface area contributed by atoms with Crippen LogP contribution in [0.15, 0.2) is 54.9 Å². The topological polar surface area (TPSA) is 243 Å². The monoisotopic (exact) mass is 780 g/mol. The maximum Gasteiger partial charge on any atom is 0.459 e. The summed E-state index contributed by atoms with van der Waals surface area (Å²) in [6.45, 7) is 2.62. The number of nitrogens with zero attached hydrogens (tertiary/aromatic N) is 5. The first-order valence-corrected chi connectivity index (χ1v) is 19.7. The smallest absolute Gasteiger partial charge is 0.459 e. The molecule has 3 unspecified atom stereocenters. The highest BCUT2D eigenvalue weighted by molar-refractivity contribution is 7.88. The van der Waals surface area contributed by atoms with Crippen molar-refractivity contribution in [2.24, 2.45) is 0 Å². The predicted octanol–water partition coefficient (Wildman–Crippen LogP) is 2.35. The molecule has 2 aromatic carbocycles. The number of nitrogens with one attached hydrogen (secondary N) is 2. The number of hydrogen-bond donors (Lipinski definition) is 5. The van der Waals surface area contributed by atoms with Crippen LogP contribution in [0.25, 0.3) is 11.2 Å². The Hall–Kier alpha value is -3.91. The summed E-state index contributed by atoms with van der Waals surface area (Å²) in [5.74, 6) is -0.787. The minimum absolute atomic E-state index is 0.00219. The van der Waals surface area contributed by atoms with Gasteiger partial charge in [0.05, 0.1) is 19.2 Å². The van der Waals surface area contributed by atoms with E-state index < -0.39 is 59.9 Å². The van der Waals surface area contributed by atoms with E-state index in [2.05, 4.69) is 24.9 Å². The second-order valence-electron chi connectivity index (χ2n) is 12.9. The lowest BCUT2D eigenvalue weighted by Gasteiger charge is -2.27. The van der Waals surface area contributed by atoms with Crippen molar-refractivity contribution in [3.63, 3.8) is 0 Å². The summed E-state index contributed by atoms with van der Waals surface area (Å²) in [4.78, 5) is 28.2. The number of hydrogen-bond acceptors (Lipinski definition) is 15. The number of nitrogen functional groups attached to an aromatic ring is 1. The van der Waals surface area contributed by atoms with Crippen molar-refractivity contribution in [2.45, 2.75) is 62.9 Å². The highest BCUT2D eigenvalue weighted by Crippen LogP contribution is 2.53. The molecule has 5 atom stereocenters. The van der Waals surface area contributed by atoms with Crippen LogP contribution in [0.1, 0.15) is 37.1 Å². The molecule has 2 fully saturated rings. The van der Waals surface area contributed by atoms with Crippen LogP contribution in [0.5, 0.6) is 5.75 Å². The first-order chi connectivity index (χ1) is 24.4. The number of rotatable bonds is 14. The Balaban J connectivity index is 1.22. The van der Waals surface area contributed by atoms with Crippen LogP contribution in [0, 0.1) is 6.92 Å². The summed E-state index contributed by atoms with van der Waals surface area (Å²) in [7, 11) is -6.76. The fraction of sp³-hybridized carbons (Fsp3) is 0.419. The normalized spacial score (nSPS) is 23.6. The van der Waals surface area contributed by atoms with Crippen LogP contribution in [-0.2, 0) is 40.0 Å². The predicted molar refractivity (Wildman–Crippen MR) is 188 cm³/mol. The van der Waals surface area contributed by atoms with Gasteiger partial charge in [0.25, 0.3) is 0 Å². The summed E-state index contributed by atoms with van der Waals surface area (Å²) in [6, 6.07) is 13.4. The molecule has 2 aliphatic rings. The summed E-state index contributed by atoms with van der Waals surface area (Å²) in [5, 5.41) is 27.0. The van der Waals surface area contributed by atoms with Gasteiger partial charge in [-0.2, -0.15) is 15.1 Å². The third-order valence-corrected chi connectivity index (χ3v) is 11.1. The van der Waals surface area contributed by atoms with Gasteiger partial charge in [0.1, 0.15) is 35.7 Å². The van der Waals surface area contributed by atoms with E-state index in [0.717, 1.165) is 22.4 Å². The Morgan fingerprint density at radius 1 is 1.21 bits per heavy atom. The van der Waals surface area contributed by atoms with Gasteiger partial charge in [-0.05, 0) is 62.1 Å². The number of imidazole rings is 1. The summed E-state index contributed by atoms with van der Waals surface area (Å²) < 4.78 is 62.7. The molecular formula is C31H38ClN8O10PS. The second-order valence-corrected chi connectivity index (χ2v) is 16.7. The van der Waals surface area contributed by atoms with E-state index in [-0.39, 0.29) is 48.1 Å². The van der Waals surface area contributed by atoms with Gasteiger partial charge in [0, 0.05) is 12.1 Å². The third kappa shape index (κ3) is 8.02. The number of fused-ring (bicyclic) bond motifs is 1. The number of aromatic nitrogens is 4. The van der Waals surface area contributed by atoms with Crippen molar-refractivity contribution in [2.75, 3.05) is 30.7 Å². The van der Waals surface area contributed by atoms with Crippen molar-refractivity contribution in [3.8, 4) is 5.75 Å². The van der Waals surface area contributed by atoms with Crippen LogP contribution < -0.4 is 25.2 Å². The molecule has 52 heavy (non-hydrogen) atoms. The molecule has 6 rings (SSSR count). The molecule has 0 spiro atoms. The summed E-state index contributed by atoms with van der Waals surface area (Å²) >= 11 is 6.03. The van der Waals surface area contributed by atoms with Crippen molar-refractivity contribution >= 4 is 58.3 Å². The highest BCUT2D eigenvalue weighted by Gasteiger charge is 2.58. The molecular weight excluding hydrogens is 743 g/mol. The first kappa shape index (κ1) is 37.8. The van der Waals surface area contributed by atoms with E-state index in [0.29, 0.717) is 5.02 Å². The standard InChI is InChI=1S/C31H38ClN8O10PS/c1-18-7-5-6-8-19(18)15-47-28(42)31(13-14-31)37-51(44,50-21-11-9-20(32)10-12-21)48-16-22-24(41)30(2,43)27(49-22)40-17-34-23-25(35-29(33)36-26(23)40)39(3)38-52(4,45)46/h5-12,17,22,24,27,38,41,43H,13-16H2,1-4H3,(H,37,44)(H2,33,35,36)/t22?,24-,27?,30-,51?/m1/s1. The first-order valence-electron chi connectivity index (χ1n) is 15.9. The molecule has 6 N–H and O–H groups in total. The minimum atomic E-state index is -4.44. The molecule has 4 aromatic rings. The lowest BCUT2D eigenvalue weighted by molar-refractivity contribution is -0.148. The van der Waals surface area contributed by atoms with Gasteiger partial charge in [-0.3, -0.25) is 18.9 Å². The van der Waals surface area contributed by atoms with E-state index in [4.69, 9.17) is 35.9 Å². The van der Waals surface area contributed by atoms with E-state index in [1.807, 2.05) is 31.2 Å². The number of aliphatic hydroxyl groups is 2. The van der Waals surface area contributed by atoms with Gasteiger partial charge in [-0.25, -0.2) is 18.0 Å². The average Bonchev–Trinajstić information content (AvgIpc) is 3.67. The molecule has 0 bridgehead atoms. The van der Waals surface area contributed by atoms with Gasteiger partial charge < -0.3 is 29.9 Å². The number of aliphatic hydroxyl groups excluding tert-OH is 1. The quantitative estimate of drug-likeness (QED) is 0.0701. The Bertz CT molecular complexity index is 2130. The molecule has 21 heteroatoms. The van der Waals surface area contributed by atoms with Crippen molar-refractivity contribution in [3.05, 3.63) is 71.0 Å². The number of halogens is 1. The Morgan fingerprint density at radius 3 is 2.56 bits per heavy atom. The van der Waals surface area contributed by atoms with Crippen LogP contribution >= 0.6 is 19.3 Å². The van der Waals surface area contributed by atoms with Crippen molar-refractivity contribution in [1.29, 1.82) is 0 Å². The van der Waals surface area contributed by atoms with E-state index >= 15 is 0 Å². The summed E-state index contributed by atoms with van der Waals surface area (Å²) in [6.07, 6.45) is -1.51. The second kappa shape index (κ2) is 14.1. The van der Waals surface area contributed by atoms with Gasteiger partial charge in [0.2, 0.25) is 16.0 Å². The van der Waals surface area contributed by atoms with Crippen LogP contribution in [-0.4, -0.2) is 87.4 Å². The number of anilines is 2. The molecule has 2 aromatic heterocycles. The fourth-order valence-electron chi connectivity index (χ4n) is 5.68. The molecule has 18 nitrogen and oxygen atoms in total. The van der Waals surface area contributed by atoms with E-state index in [9.17, 15) is 28.0 Å². The number of nitrogens with two attached hydrogens (primary N) is 1. The number of carbonyl (C=O) groups is 1. The molecule has 280 valence electrons. The maximum absolute atomic E-state index is 14.4. The van der Waals surface area contributed by atoms with Gasteiger partial charge in [0.15, 0.2) is 23.2 Å². The van der Waals surface area contributed by atoms with Crippen molar-refractivity contribution < 1.29 is 46.5 Å². The third-order valence-electron chi connectivity index (χ3n) is 8.61. The number of carbonyl (C=O) groups excluding carboxylic acids is 1. The van der Waals surface area contributed by atoms with E-state index in [1.165, 1.54) is 49.1 Å². The van der Waals surface area contributed by atoms with Crippen LogP contribution in [0.2, 0.25) is 5.02 Å². The Kier molecular flexibility index (Phi) is 10.3. The number of esters is 1. The number of aryl methyl sites for hydroxylation is 1. The zero-order chi connectivity index (χ0) is 37.6. The van der Waals surface area contributed by atoms with Crippen LogP contribution in [0.3, 0.4) is 0 Å². The zero-order valence-corrected chi connectivity index (χ0v) is 30.9. The van der Waals surface area contributed by atoms with Crippen molar-refractivity contribution in [1.82, 2.24) is 29.4 Å². The largest absolute Gasteiger partial charge is 0.459 e. The number of hydrazine groups is 1. The number of sulfonamides is 1. The minimum Gasteiger partial charge on any atom is -0.459 e. The SMILES string of the molecule is Cc1ccccc1COC(=O)C1(NP(=O)(OCC2OC(n3cnc4c(N(C)NS(C)(=O)=O)nc(N)nc43)[C@](C)(O)[C@@H]2O)Oc2ccc(Cl)cc2)CC1. The van der Waals surface area contributed by atoms with Gasteiger partial charge in [-0.1, -0.05) is 35.9 Å². The highest BCUT2D eigenvalue weighted by atomic mass is 35.5. The molecule has 1 saturated heterocycles. The lowest BCUT2D eigenvalue weighted by atomic mass is 9.96. The van der Waals surface area contributed by atoms with Gasteiger partial charge in [-0.15, -0.1) is 4.83 Å². The average molecular weight is 781 g/mol. The zero-order valence-electron chi connectivity index (χ0n) is 28.5. The Labute approximate surface area is 303 Å². The molecule has 1 saturated carbocycles. The van der Waals surface area contributed by atoms with Gasteiger partial charge >= 0.3 is 13.7 Å². The number of ether oxygens (including phenoxy) is 2. The molecule has 1 aliphatic carbocycles. The molecule has 0 radical (unpaired) electrons. The van der Waals surface area contributed by atoms with E-state index in [1.54, 1.807) is 0 Å². The molecule has 3 heterocycles. The lowest BCUT2D eigenvalue weighted by Crippen LogP contribution is -2.45. The molecule has 0 amide bonds. The molecule has 1 aliphatic heterocycles. The fourth-order valence-corrected chi connectivity index (χ4v) is 8.14. The maximum atomic E-state index is 14.4. The Morgan fingerprint density at radius 2 is 1.90 bits per heavy atom. The summed E-state index contributed by atoms with van der Waals surface area (Å²) in [5.41, 5.74) is 4.44. The van der Waals surface area contributed by atoms with Crippen LogP contribution in [0.4, 0.5) is 11.8 Å².